The Labute approximate surface area is 554 Å². The van der Waals surface area contributed by atoms with Gasteiger partial charge in [0, 0.05) is 28.2 Å². The van der Waals surface area contributed by atoms with E-state index in [9.17, 15) is 14.4 Å². The number of fused-ring (bicyclic) bond motifs is 6. The van der Waals surface area contributed by atoms with Gasteiger partial charge < -0.3 is 54.9 Å². The average Bonchev–Trinajstić information content (AvgIpc) is 4.23. The number of ether oxygens (including phenoxy) is 1. The van der Waals surface area contributed by atoms with E-state index in [2.05, 4.69) is 40.3 Å². The summed E-state index contributed by atoms with van der Waals surface area (Å²) in [6, 6.07) is 38.1. The summed E-state index contributed by atoms with van der Waals surface area (Å²) in [5.41, 5.74) is 5.81. The molecule has 348 valence electrons. The zero-order valence-electron chi connectivity index (χ0n) is 39.1. The van der Waals surface area contributed by atoms with Crippen molar-refractivity contribution in [2.24, 2.45) is 0 Å². The molecule has 6 aromatic heterocycles. The van der Waals surface area contributed by atoms with Gasteiger partial charge in [0.15, 0.2) is 33.5 Å². The van der Waals surface area contributed by atoms with Crippen molar-refractivity contribution in [3.63, 3.8) is 0 Å². The molecule has 6 aromatic carbocycles. The Balaban J connectivity index is 0.000000249. The molecular weight excluding hydrogens is 1240 g/mol. The number of benzene rings is 6. The van der Waals surface area contributed by atoms with Gasteiger partial charge in [-0.05, 0) is 72.8 Å². The Morgan fingerprint density at radius 3 is 1.44 bits per heavy atom. The molecule has 0 atom stereocenters. The fraction of sp³-hybridized carbons (Fsp3) is 0.0444. The summed E-state index contributed by atoms with van der Waals surface area (Å²) in [7, 11) is 2.34. The van der Waals surface area contributed by atoms with Gasteiger partial charge >= 0.3 is 184 Å². The number of nitrogens with zero attached hydrogens (tertiary/aromatic N) is 5. The summed E-state index contributed by atoms with van der Waals surface area (Å²) >= 11 is 17.3. The molecule has 12 rings (SSSR count). The smallest absolute Gasteiger partial charge is 1.00 e. The third kappa shape index (κ3) is 14.5. The predicted molar refractivity (Wildman–Crippen MR) is 252 cm³/mol. The first-order chi connectivity index (χ1) is 33.1. The van der Waals surface area contributed by atoms with Crippen molar-refractivity contribution in [3.8, 4) is 17.4 Å². The van der Waals surface area contributed by atoms with Crippen LogP contribution in [0, 0.1) is 0 Å². The van der Waals surface area contributed by atoms with E-state index < -0.39 is 0 Å². The second-order valence-corrected chi connectivity index (χ2v) is 14.7. The van der Waals surface area contributed by atoms with E-state index in [1.54, 1.807) is 49.6 Å². The number of halogens is 3. The van der Waals surface area contributed by atoms with E-state index >= 15 is 0 Å². The van der Waals surface area contributed by atoms with Crippen LogP contribution in [0.1, 0.15) is 1.43 Å². The van der Waals surface area contributed by atoms with Crippen LogP contribution in [0.3, 0.4) is 0 Å². The molecule has 0 aliphatic heterocycles. The molecule has 20 nitrogen and oxygen atoms in total. The molecule has 71 heavy (non-hydrogen) atoms. The van der Waals surface area contributed by atoms with Crippen molar-refractivity contribution < 1.29 is 207 Å². The number of H-pyrrole nitrogens is 4. The number of rotatable bonds is 4. The Morgan fingerprint density at radius 1 is 0.577 bits per heavy atom. The van der Waals surface area contributed by atoms with Crippen molar-refractivity contribution in [2.75, 3.05) is 14.2 Å². The quantitative estimate of drug-likeness (QED) is 0.0650. The van der Waals surface area contributed by atoms with Gasteiger partial charge in [-0.3, -0.25) is 4.79 Å². The van der Waals surface area contributed by atoms with Crippen molar-refractivity contribution >= 4 is 107 Å². The Morgan fingerprint density at radius 2 is 0.972 bits per heavy atom. The van der Waals surface area contributed by atoms with Gasteiger partial charge in [-0.15, -0.1) is 0 Å². The van der Waals surface area contributed by atoms with E-state index in [0.29, 0.717) is 49.3 Å². The standard InChI is InChI=1S/C15H11N3O3.C14H8ClN3O2.C7H3Cl2NO.C7H6N2O.CH2O3.CH3O.2Cs.Na.H/c1-20-9-6-7-10-13(8-9)21-17-14(10)18-12-5-3-2-4-11(12)16-15(18)19;15-8-5-6-9-12(7-8)20-17-13(9)18-11-4-2-1-3-10(11)16-14(18)19;8-4-1-2-5-6(3-4)11-10-7(5)9;10-7-8-5-3-1-2-4-6(5)9-7;2-1-4-3;1-2;;;;/h2-8H,1H3,(H,16,19);1-7H,(H,16,19);1-3H;1-4H,(H2,8,9,10);1,3H;1H3;;;;/q;;;;;-1;3*+1;-1/p-1. The summed E-state index contributed by atoms with van der Waals surface area (Å²) in [6.45, 7) is -0.181. The number of aromatic nitrogens is 9. The maximum atomic E-state index is 12.2. The molecule has 0 saturated heterocycles. The van der Waals surface area contributed by atoms with Crippen LogP contribution in [0.5, 0.6) is 5.75 Å². The van der Waals surface area contributed by atoms with E-state index in [4.69, 9.17) is 68.3 Å². The number of hydrogen-bond acceptors (Lipinski definition) is 14. The van der Waals surface area contributed by atoms with E-state index in [1.165, 1.54) is 9.13 Å². The summed E-state index contributed by atoms with van der Waals surface area (Å²) in [4.78, 5) is 57.2. The van der Waals surface area contributed by atoms with Gasteiger partial charge in [0.1, 0.15) is 5.75 Å². The third-order valence-corrected chi connectivity index (χ3v) is 10.3. The van der Waals surface area contributed by atoms with Crippen LogP contribution < -0.4 is 200 Å². The molecule has 0 aliphatic carbocycles. The monoisotopic (exact) mass is 1270 g/mol. The minimum atomic E-state index is -0.253. The van der Waals surface area contributed by atoms with Crippen LogP contribution in [0.2, 0.25) is 15.2 Å². The van der Waals surface area contributed by atoms with Crippen LogP contribution in [0.25, 0.3) is 77.6 Å². The van der Waals surface area contributed by atoms with Crippen molar-refractivity contribution in [2.45, 2.75) is 0 Å². The van der Waals surface area contributed by atoms with Crippen LogP contribution in [-0.2, 0) is 9.68 Å². The van der Waals surface area contributed by atoms with Crippen LogP contribution in [-0.4, -0.2) is 65.2 Å². The largest absolute Gasteiger partial charge is 1.00 e. The summed E-state index contributed by atoms with van der Waals surface area (Å²) in [6.07, 6.45) is 0. The van der Waals surface area contributed by atoms with Crippen LogP contribution in [0.15, 0.2) is 155 Å². The molecule has 0 saturated carbocycles. The Bertz CT molecular complexity index is 3810. The van der Waals surface area contributed by atoms with E-state index in [1.807, 2.05) is 84.9 Å². The molecule has 0 bridgehead atoms. The third-order valence-electron chi connectivity index (χ3n) is 9.53. The minimum absolute atomic E-state index is 0. The maximum Gasteiger partial charge on any atom is 1.00 e. The number of nitrogens with one attached hydrogen (secondary N) is 4. The fourth-order valence-electron chi connectivity index (χ4n) is 6.64. The number of para-hydroxylation sites is 6. The number of carbonyl (C=O) groups is 1. The Kier molecular flexibility index (Phi) is 24.6. The van der Waals surface area contributed by atoms with Crippen molar-refractivity contribution in [3.05, 3.63) is 174 Å². The maximum absolute atomic E-state index is 12.2. The van der Waals surface area contributed by atoms with Crippen molar-refractivity contribution in [1.82, 2.24) is 44.5 Å². The zero-order chi connectivity index (χ0) is 48.3. The molecule has 0 amide bonds. The number of hydrogen-bond donors (Lipinski definition) is 4. The number of carbonyl (C=O) groups excluding carboxylic acids is 1. The SMILES string of the molecule is COc1ccc2c(-n3c(=O)[nH]c4ccccc43)noc2c1.C[O-].Clc1ccc2c(Cl)noc2c1.O=CO[O-].O=c1[nH]c2ccccc2[nH]1.O=c1[nH]c2ccccc2n1-c1noc2cc(Cl)ccc12.[Cs+].[Cs+].[H-].[Na+]. The minimum Gasteiger partial charge on any atom is -1.00 e. The normalized spacial score (nSPS) is 10.1. The van der Waals surface area contributed by atoms with Crippen molar-refractivity contribution in [1.29, 1.82) is 0 Å². The van der Waals surface area contributed by atoms with Gasteiger partial charge in [-0.2, -0.15) is 7.11 Å². The average molecular weight is 1270 g/mol. The number of methoxy groups -OCH3 is 1. The second kappa shape index (κ2) is 29.0. The molecule has 26 heteroatoms. The molecule has 0 fully saturated rings. The predicted octanol–water partition coefficient (Wildman–Crippen LogP) is -1.89. The molecule has 0 spiro atoms. The van der Waals surface area contributed by atoms with Gasteiger partial charge in [0.05, 0.1) is 56.4 Å². The van der Waals surface area contributed by atoms with Gasteiger partial charge in [0.2, 0.25) is 0 Å². The summed E-state index contributed by atoms with van der Waals surface area (Å²) < 4.78 is 23.6. The summed E-state index contributed by atoms with van der Waals surface area (Å²) in [5.74, 6) is 1.60. The van der Waals surface area contributed by atoms with Gasteiger partial charge in [-0.25, -0.2) is 23.5 Å². The fourth-order valence-corrected chi connectivity index (χ4v) is 7.15. The molecule has 0 aliphatic rings. The van der Waals surface area contributed by atoms with Crippen LogP contribution in [0.4, 0.5) is 0 Å². The second-order valence-electron chi connectivity index (χ2n) is 13.5. The molecule has 0 radical (unpaired) electrons. The molecule has 4 N–H and O–H groups in total. The van der Waals surface area contributed by atoms with Crippen LogP contribution >= 0.6 is 34.8 Å². The first kappa shape index (κ1) is 60.3. The van der Waals surface area contributed by atoms with E-state index in [-0.39, 0.29) is 192 Å². The summed E-state index contributed by atoms with van der Waals surface area (Å²) in [5, 5.41) is 32.1. The molecule has 6 heterocycles. The van der Waals surface area contributed by atoms with Gasteiger partial charge in [-0.1, -0.05) is 86.7 Å². The first-order valence-corrected chi connectivity index (χ1v) is 20.6. The van der Waals surface area contributed by atoms with E-state index in [0.717, 1.165) is 56.4 Å². The molecular formula is C45H33Cl3Cs2N9NaO11. The number of aromatic amines is 4. The van der Waals surface area contributed by atoms with Gasteiger partial charge in [0.25, 0.3) is 6.47 Å². The topological polar surface area (TPSA) is 284 Å². The number of imidazole rings is 3. The zero-order valence-corrected chi connectivity index (χ0v) is 54.9. The molecule has 12 aromatic rings. The molecule has 0 unspecified atom stereocenters. The first-order valence-electron chi connectivity index (χ1n) is 19.5. The Hall–Kier alpha value is -3.30.